The van der Waals surface area contributed by atoms with E-state index < -0.39 is 38.5 Å². The Morgan fingerprint density at radius 1 is 1.14 bits per heavy atom. The van der Waals surface area contributed by atoms with Gasteiger partial charge in [-0.25, -0.2) is 33.3 Å². The fourth-order valence-electron chi connectivity index (χ4n) is 2.16. The number of carbonyl (C=O) groups is 1. The maximum absolute atomic E-state index is 13.2. The SMILES string of the molecule is Cn1cncc1-c1nc(C(=O)Nc2cnc(S(C)(=O)=O)nc2)cc(C(F)(F)F)n1. The highest BCUT2D eigenvalue weighted by atomic mass is 32.2. The van der Waals surface area contributed by atoms with Crippen molar-refractivity contribution in [2.24, 2.45) is 7.05 Å². The summed E-state index contributed by atoms with van der Waals surface area (Å²) < 4.78 is 63.8. The fraction of sp³-hybridized carbons (Fsp3) is 0.200. The second-order valence-electron chi connectivity index (χ2n) is 5.83. The molecule has 0 aromatic carbocycles. The Balaban J connectivity index is 1.96. The van der Waals surface area contributed by atoms with Gasteiger partial charge in [-0.1, -0.05) is 0 Å². The first-order valence-electron chi connectivity index (χ1n) is 7.71. The second kappa shape index (κ2) is 7.20. The van der Waals surface area contributed by atoms with Gasteiger partial charge in [0.1, 0.15) is 17.1 Å². The van der Waals surface area contributed by atoms with E-state index in [1.54, 1.807) is 0 Å². The third-order valence-corrected chi connectivity index (χ3v) is 4.39. The molecule has 0 bridgehead atoms. The summed E-state index contributed by atoms with van der Waals surface area (Å²) in [6.07, 6.45) is 0.713. The monoisotopic (exact) mass is 427 g/mol. The molecule has 0 saturated heterocycles. The van der Waals surface area contributed by atoms with Gasteiger partial charge in [-0.15, -0.1) is 0 Å². The molecule has 14 heteroatoms. The number of imidazole rings is 1. The molecule has 0 spiro atoms. The standard InChI is InChI=1S/C15H12F3N7O3S/c1-25-7-19-6-10(25)12-23-9(3-11(24-12)15(16,17)18)13(26)22-8-4-20-14(21-5-8)29(2,27)28/h3-7H,1-2H3,(H,22,26). The van der Waals surface area contributed by atoms with Crippen LogP contribution < -0.4 is 5.32 Å². The van der Waals surface area contributed by atoms with Crippen LogP contribution in [0, 0.1) is 0 Å². The van der Waals surface area contributed by atoms with Crippen molar-refractivity contribution in [2.75, 3.05) is 11.6 Å². The van der Waals surface area contributed by atoms with Crippen molar-refractivity contribution < 1.29 is 26.4 Å². The van der Waals surface area contributed by atoms with E-state index in [-0.39, 0.29) is 17.2 Å². The summed E-state index contributed by atoms with van der Waals surface area (Å²) in [5, 5.41) is 1.80. The molecule has 152 valence electrons. The minimum Gasteiger partial charge on any atom is -0.331 e. The molecule has 3 heterocycles. The zero-order chi connectivity index (χ0) is 21.4. The highest BCUT2D eigenvalue weighted by molar-refractivity contribution is 7.90. The lowest BCUT2D eigenvalue weighted by molar-refractivity contribution is -0.141. The van der Waals surface area contributed by atoms with Crippen LogP contribution in [0.5, 0.6) is 0 Å². The molecule has 0 unspecified atom stereocenters. The van der Waals surface area contributed by atoms with Crippen molar-refractivity contribution in [1.82, 2.24) is 29.5 Å². The number of anilines is 1. The molecule has 1 amide bonds. The van der Waals surface area contributed by atoms with Gasteiger partial charge in [0.05, 0.1) is 30.6 Å². The van der Waals surface area contributed by atoms with Crippen LogP contribution in [0.15, 0.2) is 36.1 Å². The number of aryl methyl sites for hydroxylation is 1. The maximum Gasteiger partial charge on any atom is 0.433 e. The van der Waals surface area contributed by atoms with Gasteiger partial charge in [0.25, 0.3) is 5.91 Å². The molecule has 3 rings (SSSR count). The minimum absolute atomic E-state index is 0.0309. The topological polar surface area (TPSA) is 133 Å². The van der Waals surface area contributed by atoms with Crippen molar-refractivity contribution in [2.45, 2.75) is 11.3 Å². The molecule has 1 N–H and O–H groups in total. The third kappa shape index (κ3) is 4.53. The lowest BCUT2D eigenvalue weighted by atomic mass is 10.2. The van der Waals surface area contributed by atoms with Crippen LogP contribution in [0.1, 0.15) is 16.2 Å². The lowest BCUT2D eigenvalue weighted by Gasteiger charge is -2.11. The van der Waals surface area contributed by atoms with Crippen molar-refractivity contribution in [3.05, 3.63) is 42.4 Å². The van der Waals surface area contributed by atoms with E-state index in [0.29, 0.717) is 6.07 Å². The summed E-state index contributed by atoms with van der Waals surface area (Å²) in [6, 6.07) is 0.501. The predicted octanol–water partition coefficient (Wildman–Crippen LogP) is 1.34. The Bertz CT molecular complexity index is 1170. The van der Waals surface area contributed by atoms with Crippen molar-refractivity contribution in [3.8, 4) is 11.5 Å². The number of hydrogen-bond donors (Lipinski definition) is 1. The Morgan fingerprint density at radius 3 is 2.31 bits per heavy atom. The summed E-state index contributed by atoms with van der Waals surface area (Å²) in [7, 11) is -2.11. The molecule has 0 saturated carbocycles. The smallest absolute Gasteiger partial charge is 0.331 e. The Kier molecular flexibility index (Phi) is 5.04. The molecule has 0 atom stereocenters. The van der Waals surface area contributed by atoms with Crippen molar-refractivity contribution in [1.29, 1.82) is 0 Å². The molecule has 29 heavy (non-hydrogen) atoms. The van der Waals surface area contributed by atoms with Gasteiger partial charge < -0.3 is 9.88 Å². The Labute approximate surface area is 161 Å². The van der Waals surface area contributed by atoms with Crippen LogP contribution in [0.25, 0.3) is 11.5 Å². The number of carbonyl (C=O) groups excluding carboxylic acids is 1. The second-order valence-corrected chi connectivity index (χ2v) is 7.74. The van der Waals surface area contributed by atoms with E-state index in [1.165, 1.54) is 24.1 Å². The first-order chi connectivity index (χ1) is 13.4. The van der Waals surface area contributed by atoms with Crippen LogP contribution in [0.4, 0.5) is 18.9 Å². The van der Waals surface area contributed by atoms with E-state index in [4.69, 9.17) is 0 Å². The number of alkyl halides is 3. The third-order valence-electron chi connectivity index (χ3n) is 3.51. The van der Waals surface area contributed by atoms with Gasteiger partial charge >= 0.3 is 6.18 Å². The van der Waals surface area contributed by atoms with Crippen LogP contribution in [0.3, 0.4) is 0 Å². The zero-order valence-corrected chi connectivity index (χ0v) is 15.7. The number of sulfone groups is 1. The largest absolute Gasteiger partial charge is 0.433 e. The highest BCUT2D eigenvalue weighted by Crippen LogP contribution is 2.29. The molecule has 0 aliphatic heterocycles. The van der Waals surface area contributed by atoms with Gasteiger partial charge in [-0.05, 0) is 0 Å². The van der Waals surface area contributed by atoms with Crippen LogP contribution in [-0.4, -0.2) is 50.1 Å². The van der Waals surface area contributed by atoms with Gasteiger partial charge in [0, 0.05) is 19.4 Å². The average Bonchev–Trinajstić information content (AvgIpc) is 3.06. The molecule has 0 aliphatic carbocycles. The number of nitrogens with zero attached hydrogens (tertiary/aromatic N) is 6. The van der Waals surface area contributed by atoms with Crippen molar-refractivity contribution in [3.63, 3.8) is 0 Å². The van der Waals surface area contributed by atoms with Gasteiger partial charge in [0.15, 0.2) is 5.82 Å². The number of halogens is 3. The molecule has 0 aliphatic rings. The van der Waals surface area contributed by atoms with Crippen molar-refractivity contribution >= 4 is 21.4 Å². The van der Waals surface area contributed by atoms with Gasteiger partial charge in [-0.3, -0.25) is 4.79 Å². The molecule has 3 aromatic rings. The summed E-state index contributed by atoms with van der Waals surface area (Å²) >= 11 is 0. The number of nitrogens with one attached hydrogen (secondary N) is 1. The van der Waals surface area contributed by atoms with Crippen LogP contribution >= 0.6 is 0 Å². The normalized spacial score (nSPS) is 12.0. The summed E-state index contributed by atoms with van der Waals surface area (Å²) in [6.45, 7) is 0. The molecule has 0 radical (unpaired) electrons. The van der Waals surface area contributed by atoms with Gasteiger partial charge in [-0.2, -0.15) is 13.2 Å². The number of hydrogen-bond acceptors (Lipinski definition) is 8. The van der Waals surface area contributed by atoms with E-state index in [0.717, 1.165) is 18.6 Å². The summed E-state index contributed by atoms with van der Waals surface area (Å²) in [4.78, 5) is 30.7. The minimum atomic E-state index is -4.81. The molecule has 0 fully saturated rings. The first kappa shape index (κ1) is 20.3. The highest BCUT2D eigenvalue weighted by Gasteiger charge is 2.34. The fourth-order valence-corrected chi connectivity index (χ4v) is 2.65. The van der Waals surface area contributed by atoms with E-state index >= 15 is 0 Å². The zero-order valence-electron chi connectivity index (χ0n) is 14.8. The van der Waals surface area contributed by atoms with E-state index in [9.17, 15) is 26.4 Å². The van der Waals surface area contributed by atoms with E-state index in [1.807, 2.05) is 0 Å². The van der Waals surface area contributed by atoms with Crippen LogP contribution in [-0.2, 0) is 23.1 Å². The summed E-state index contributed by atoms with van der Waals surface area (Å²) in [5.74, 6) is -1.33. The quantitative estimate of drug-likeness (QED) is 0.617. The molecule has 3 aromatic heterocycles. The Hall–Kier alpha value is -3.42. The predicted molar refractivity (Wildman–Crippen MR) is 92.3 cm³/mol. The molecular weight excluding hydrogens is 415 g/mol. The maximum atomic E-state index is 13.2. The molecule has 10 nitrogen and oxygen atoms in total. The summed E-state index contributed by atoms with van der Waals surface area (Å²) in [5.41, 5.74) is -1.73. The van der Waals surface area contributed by atoms with Crippen LogP contribution in [0.2, 0.25) is 0 Å². The van der Waals surface area contributed by atoms with E-state index in [2.05, 4.69) is 30.2 Å². The Morgan fingerprint density at radius 2 is 1.79 bits per heavy atom. The average molecular weight is 427 g/mol. The molecular formula is C15H12F3N7O3S. The number of rotatable bonds is 4. The number of amides is 1. The van der Waals surface area contributed by atoms with Gasteiger partial charge in [0.2, 0.25) is 15.0 Å². The number of aromatic nitrogens is 6. The lowest BCUT2D eigenvalue weighted by Crippen LogP contribution is -2.19. The first-order valence-corrected chi connectivity index (χ1v) is 9.61.